The maximum atomic E-state index is 5.50. The fourth-order valence-electron chi connectivity index (χ4n) is 0.464. The fraction of sp³-hybridized carbons (Fsp3) is 0.667. The molecule has 0 aliphatic heterocycles. The summed E-state index contributed by atoms with van der Waals surface area (Å²) in [4.78, 5) is 0. The van der Waals surface area contributed by atoms with Gasteiger partial charge in [0.25, 0.3) is 0 Å². The molecular weight excluding hydrogens is 178 g/mol. The van der Waals surface area contributed by atoms with Gasteiger partial charge in [0.15, 0.2) is 0 Å². The van der Waals surface area contributed by atoms with E-state index in [1.54, 1.807) is 0 Å². The molecule has 0 aliphatic carbocycles. The second-order valence-corrected chi connectivity index (χ2v) is 2.99. The highest BCUT2D eigenvalue weighted by molar-refractivity contribution is 5.86. The molecule has 14 heavy (non-hydrogen) atoms. The first kappa shape index (κ1) is 12.6. The Morgan fingerprint density at radius 1 is 1.07 bits per heavy atom. The molecule has 0 spiro atoms. The fourth-order valence-corrected chi connectivity index (χ4v) is 0.464. The van der Waals surface area contributed by atoms with E-state index in [1.807, 2.05) is 27.7 Å². The van der Waals surface area contributed by atoms with Crippen LogP contribution in [0.15, 0.2) is 15.3 Å². The Kier molecular flexibility index (Phi) is 6.36. The van der Waals surface area contributed by atoms with Gasteiger partial charge in [-0.3, -0.25) is 0 Å². The Morgan fingerprint density at radius 2 is 1.64 bits per heavy atom. The van der Waals surface area contributed by atoms with Gasteiger partial charge in [-0.05, 0) is 26.7 Å². The summed E-state index contributed by atoms with van der Waals surface area (Å²) in [5.74, 6) is 0.214. The Labute approximate surface area is 85.2 Å². The number of hydrogen-bond acceptors (Lipinski definition) is 3. The lowest BCUT2D eigenvalue weighted by molar-refractivity contribution is 0.968. The van der Waals surface area contributed by atoms with Crippen molar-refractivity contribution in [3.8, 4) is 0 Å². The number of rotatable bonds is 4. The first-order valence-electron chi connectivity index (χ1n) is 4.75. The molecule has 0 aromatic carbocycles. The first-order chi connectivity index (χ1) is 6.60. The third kappa shape index (κ3) is 6.16. The van der Waals surface area contributed by atoms with Crippen LogP contribution in [0.1, 0.15) is 40.5 Å². The third-order valence-corrected chi connectivity index (χ3v) is 1.71. The maximum absolute atomic E-state index is 5.50. The quantitative estimate of drug-likeness (QED) is 0.407. The molecule has 0 unspecified atom stereocenters. The minimum absolute atomic E-state index is 0.214. The van der Waals surface area contributed by atoms with Crippen LogP contribution < -0.4 is 11.2 Å². The average molecular weight is 197 g/mol. The largest absolute Gasteiger partial charge is 0.367 e. The zero-order chi connectivity index (χ0) is 11.0. The molecule has 0 atom stereocenters. The van der Waals surface area contributed by atoms with E-state index in [0.717, 1.165) is 24.3 Å². The smallest absolute Gasteiger partial charge is 0.234 e. The molecule has 80 valence electrons. The van der Waals surface area contributed by atoms with Crippen LogP contribution in [0.4, 0.5) is 0 Å². The van der Waals surface area contributed by atoms with Gasteiger partial charge in [-0.25, -0.2) is 5.43 Å². The van der Waals surface area contributed by atoms with E-state index in [0.29, 0.717) is 0 Å². The monoisotopic (exact) mass is 197 g/mol. The molecule has 0 saturated heterocycles. The van der Waals surface area contributed by atoms with Crippen LogP contribution in [0.2, 0.25) is 0 Å². The molecule has 0 heterocycles. The van der Waals surface area contributed by atoms with Crippen LogP contribution in [0.3, 0.4) is 0 Å². The number of hydrogen-bond donors (Lipinski definition) is 2. The van der Waals surface area contributed by atoms with Crippen molar-refractivity contribution in [3.63, 3.8) is 0 Å². The van der Waals surface area contributed by atoms with Crippen LogP contribution in [-0.2, 0) is 0 Å². The molecule has 5 nitrogen and oxygen atoms in total. The van der Waals surface area contributed by atoms with Gasteiger partial charge in [-0.2, -0.15) is 10.2 Å². The van der Waals surface area contributed by atoms with Gasteiger partial charge >= 0.3 is 0 Å². The van der Waals surface area contributed by atoms with Crippen molar-refractivity contribution in [3.05, 3.63) is 0 Å². The SMILES string of the molecule is CC/C(C)=N\N=C(N)N/N=C(\C)CC. The second kappa shape index (κ2) is 7.06. The zero-order valence-corrected chi connectivity index (χ0v) is 9.33. The molecule has 0 bridgehead atoms. The lowest BCUT2D eigenvalue weighted by Crippen LogP contribution is -2.27. The van der Waals surface area contributed by atoms with Crippen molar-refractivity contribution in [2.75, 3.05) is 0 Å². The van der Waals surface area contributed by atoms with Gasteiger partial charge in [0.05, 0.1) is 0 Å². The Bertz CT molecular complexity index is 252. The number of guanidine groups is 1. The van der Waals surface area contributed by atoms with Crippen molar-refractivity contribution in [1.82, 2.24) is 5.43 Å². The van der Waals surface area contributed by atoms with E-state index < -0.39 is 0 Å². The van der Waals surface area contributed by atoms with E-state index in [1.165, 1.54) is 0 Å². The van der Waals surface area contributed by atoms with Gasteiger partial charge in [0, 0.05) is 11.4 Å². The summed E-state index contributed by atoms with van der Waals surface area (Å²) in [5, 5.41) is 11.6. The molecule has 0 aliphatic rings. The lowest BCUT2D eigenvalue weighted by atomic mass is 10.3. The van der Waals surface area contributed by atoms with Crippen LogP contribution >= 0.6 is 0 Å². The normalized spacial score (nSPS) is 14.4. The summed E-state index contributed by atoms with van der Waals surface area (Å²) >= 11 is 0. The summed E-state index contributed by atoms with van der Waals surface area (Å²) in [5.41, 5.74) is 10.0. The molecule has 0 rings (SSSR count). The second-order valence-electron chi connectivity index (χ2n) is 2.99. The summed E-state index contributed by atoms with van der Waals surface area (Å²) in [7, 11) is 0. The predicted molar refractivity (Wildman–Crippen MR) is 61.6 cm³/mol. The standard InChI is InChI=1S/C9H19N5/c1-5-7(3)11-13-9(10)14-12-8(4)6-2/h5-6H2,1-4H3,(H3,10,13,14)/b11-7-,12-8+. The maximum Gasteiger partial charge on any atom is 0.234 e. The lowest BCUT2D eigenvalue weighted by Gasteiger charge is -1.98. The van der Waals surface area contributed by atoms with E-state index in [4.69, 9.17) is 5.73 Å². The van der Waals surface area contributed by atoms with Crippen LogP contribution in [-0.4, -0.2) is 17.4 Å². The minimum Gasteiger partial charge on any atom is -0.367 e. The Balaban J connectivity index is 4.14. The van der Waals surface area contributed by atoms with Crippen molar-refractivity contribution in [2.45, 2.75) is 40.5 Å². The first-order valence-corrected chi connectivity index (χ1v) is 4.75. The molecule has 0 aromatic rings. The van der Waals surface area contributed by atoms with Gasteiger partial charge in [0.1, 0.15) is 0 Å². The van der Waals surface area contributed by atoms with Crippen LogP contribution in [0.5, 0.6) is 0 Å². The molecular formula is C9H19N5. The van der Waals surface area contributed by atoms with E-state index in [-0.39, 0.29) is 5.96 Å². The number of nitrogens with zero attached hydrogens (tertiary/aromatic N) is 3. The molecule has 0 aromatic heterocycles. The number of nitrogens with two attached hydrogens (primary N) is 1. The van der Waals surface area contributed by atoms with Gasteiger partial charge in [-0.1, -0.05) is 13.8 Å². The number of hydrazone groups is 1. The molecule has 0 fully saturated rings. The minimum atomic E-state index is 0.214. The van der Waals surface area contributed by atoms with Crippen molar-refractivity contribution >= 4 is 17.4 Å². The van der Waals surface area contributed by atoms with E-state index in [9.17, 15) is 0 Å². The topological polar surface area (TPSA) is 75.1 Å². The summed E-state index contributed by atoms with van der Waals surface area (Å²) in [6.45, 7) is 7.85. The Hall–Kier alpha value is -1.39. The van der Waals surface area contributed by atoms with Crippen LogP contribution in [0, 0.1) is 0 Å². The molecule has 0 saturated carbocycles. The molecule has 5 heteroatoms. The van der Waals surface area contributed by atoms with Gasteiger partial charge in [-0.15, -0.1) is 5.10 Å². The predicted octanol–water partition coefficient (Wildman–Crippen LogP) is 1.46. The van der Waals surface area contributed by atoms with E-state index >= 15 is 0 Å². The van der Waals surface area contributed by atoms with Crippen LogP contribution in [0.25, 0.3) is 0 Å². The van der Waals surface area contributed by atoms with Gasteiger partial charge in [0.2, 0.25) is 5.96 Å². The molecule has 3 N–H and O–H groups in total. The zero-order valence-electron chi connectivity index (χ0n) is 9.33. The summed E-state index contributed by atoms with van der Waals surface area (Å²) in [6, 6.07) is 0. The van der Waals surface area contributed by atoms with Gasteiger partial charge < -0.3 is 5.73 Å². The van der Waals surface area contributed by atoms with E-state index in [2.05, 4.69) is 20.7 Å². The highest BCUT2D eigenvalue weighted by Crippen LogP contribution is 1.85. The number of nitrogens with one attached hydrogen (secondary N) is 1. The van der Waals surface area contributed by atoms with Crippen molar-refractivity contribution in [2.24, 2.45) is 21.0 Å². The van der Waals surface area contributed by atoms with Crippen molar-refractivity contribution < 1.29 is 0 Å². The third-order valence-electron chi connectivity index (χ3n) is 1.71. The highest BCUT2D eigenvalue weighted by Gasteiger charge is 1.89. The summed E-state index contributed by atoms with van der Waals surface area (Å²) in [6.07, 6.45) is 1.76. The average Bonchev–Trinajstić information content (AvgIpc) is 2.22. The van der Waals surface area contributed by atoms with Crippen molar-refractivity contribution in [1.29, 1.82) is 0 Å². The molecule has 0 radical (unpaired) electrons. The summed E-state index contributed by atoms with van der Waals surface area (Å²) < 4.78 is 0. The Morgan fingerprint density at radius 3 is 2.14 bits per heavy atom. The molecule has 0 amide bonds. The highest BCUT2D eigenvalue weighted by atomic mass is 15.4.